The Kier molecular flexibility index (Phi) is 2.71. The van der Waals surface area contributed by atoms with Crippen molar-refractivity contribution in [3.8, 4) is 11.1 Å². The standard InChI is InChI=1S/C16H14N2/c17-18-16-8-4-3-7-15(16)14-10-9-12-5-1-2-6-13(12)11-14/h1-11,18H,17H2. The van der Waals surface area contributed by atoms with Crippen LogP contribution in [0.15, 0.2) is 66.7 Å². The number of fused-ring (bicyclic) bond motifs is 1. The largest absolute Gasteiger partial charge is 0.324 e. The van der Waals surface area contributed by atoms with Gasteiger partial charge in [0.15, 0.2) is 0 Å². The average Bonchev–Trinajstić information content (AvgIpc) is 2.46. The first-order chi connectivity index (χ1) is 8.88. The number of nitrogen functional groups attached to an aromatic ring is 1. The lowest BCUT2D eigenvalue weighted by Crippen LogP contribution is -2.07. The van der Waals surface area contributed by atoms with E-state index in [-0.39, 0.29) is 0 Å². The number of benzene rings is 3. The van der Waals surface area contributed by atoms with Gasteiger partial charge in [-0.1, -0.05) is 54.6 Å². The fraction of sp³-hybridized carbons (Fsp3) is 0. The molecule has 0 spiro atoms. The molecule has 0 aromatic heterocycles. The van der Waals surface area contributed by atoms with E-state index in [2.05, 4.69) is 54.0 Å². The predicted molar refractivity (Wildman–Crippen MR) is 77.2 cm³/mol. The van der Waals surface area contributed by atoms with E-state index in [1.807, 2.05) is 18.2 Å². The molecule has 0 aliphatic heterocycles. The summed E-state index contributed by atoms with van der Waals surface area (Å²) in [7, 11) is 0. The van der Waals surface area contributed by atoms with Crippen LogP contribution in [-0.4, -0.2) is 0 Å². The highest BCUT2D eigenvalue weighted by atomic mass is 15.2. The Balaban J connectivity index is 2.19. The number of rotatable bonds is 2. The zero-order chi connectivity index (χ0) is 12.4. The van der Waals surface area contributed by atoms with Crippen molar-refractivity contribution in [1.82, 2.24) is 0 Å². The van der Waals surface area contributed by atoms with Gasteiger partial charge in [-0.3, -0.25) is 5.84 Å². The third kappa shape index (κ3) is 1.83. The molecule has 0 unspecified atom stereocenters. The Bertz CT molecular complexity index is 689. The number of hydrogen-bond acceptors (Lipinski definition) is 2. The summed E-state index contributed by atoms with van der Waals surface area (Å²) in [6.07, 6.45) is 0. The maximum Gasteiger partial charge on any atom is 0.0563 e. The molecule has 0 saturated carbocycles. The Labute approximate surface area is 106 Å². The first-order valence-corrected chi connectivity index (χ1v) is 5.93. The topological polar surface area (TPSA) is 38.0 Å². The van der Waals surface area contributed by atoms with E-state index in [1.54, 1.807) is 0 Å². The fourth-order valence-corrected chi connectivity index (χ4v) is 2.22. The van der Waals surface area contributed by atoms with Crippen molar-refractivity contribution in [3.05, 3.63) is 66.7 Å². The minimum Gasteiger partial charge on any atom is -0.324 e. The van der Waals surface area contributed by atoms with Crippen molar-refractivity contribution >= 4 is 16.5 Å². The van der Waals surface area contributed by atoms with Gasteiger partial charge >= 0.3 is 0 Å². The summed E-state index contributed by atoms with van der Waals surface area (Å²) >= 11 is 0. The van der Waals surface area contributed by atoms with Gasteiger partial charge in [0.1, 0.15) is 0 Å². The molecule has 0 atom stereocenters. The van der Waals surface area contributed by atoms with Gasteiger partial charge in [0.05, 0.1) is 5.69 Å². The molecule has 3 aromatic rings. The van der Waals surface area contributed by atoms with Gasteiger partial charge in [-0.2, -0.15) is 0 Å². The maximum atomic E-state index is 5.55. The van der Waals surface area contributed by atoms with E-state index in [1.165, 1.54) is 16.3 Å². The molecule has 0 heterocycles. The van der Waals surface area contributed by atoms with Gasteiger partial charge in [-0.05, 0) is 28.5 Å². The van der Waals surface area contributed by atoms with Gasteiger partial charge < -0.3 is 5.43 Å². The summed E-state index contributed by atoms with van der Waals surface area (Å²) in [6, 6.07) is 22.8. The monoisotopic (exact) mass is 234 g/mol. The highest BCUT2D eigenvalue weighted by Gasteiger charge is 2.03. The molecule has 0 aliphatic carbocycles. The Hall–Kier alpha value is -2.32. The zero-order valence-corrected chi connectivity index (χ0v) is 9.93. The second-order valence-electron chi connectivity index (χ2n) is 4.25. The van der Waals surface area contributed by atoms with Gasteiger partial charge in [-0.15, -0.1) is 0 Å². The summed E-state index contributed by atoms with van der Waals surface area (Å²) < 4.78 is 0. The lowest BCUT2D eigenvalue weighted by Gasteiger charge is -2.09. The van der Waals surface area contributed by atoms with Crippen molar-refractivity contribution in [2.75, 3.05) is 5.43 Å². The summed E-state index contributed by atoms with van der Waals surface area (Å²) in [4.78, 5) is 0. The van der Waals surface area contributed by atoms with E-state index >= 15 is 0 Å². The minimum absolute atomic E-state index is 0.938. The molecule has 88 valence electrons. The highest BCUT2D eigenvalue weighted by molar-refractivity contribution is 5.89. The van der Waals surface area contributed by atoms with Crippen LogP contribution in [-0.2, 0) is 0 Å². The molecule has 0 saturated heterocycles. The third-order valence-electron chi connectivity index (χ3n) is 3.14. The van der Waals surface area contributed by atoms with Crippen LogP contribution < -0.4 is 11.3 Å². The second-order valence-corrected chi connectivity index (χ2v) is 4.25. The third-order valence-corrected chi connectivity index (χ3v) is 3.14. The molecule has 3 N–H and O–H groups in total. The van der Waals surface area contributed by atoms with Gasteiger partial charge in [0.25, 0.3) is 0 Å². The molecule has 2 nitrogen and oxygen atoms in total. The van der Waals surface area contributed by atoms with Crippen LogP contribution in [0.4, 0.5) is 5.69 Å². The van der Waals surface area contributed by atoms with Gasteiger partial charge in [0.2, 0.25) is 0 Å². The minimum atomic E-state index is 0.938. The number of nitrogens with one attached hydrogen (secondary N) is 1. The van der Waals surface area contributed by atoms with Crippen molar-refractivity contribution in [1.29, 1.82) is 0 Å². The molecule has 3 aromatic carbocycles. The summed E-state index contributed by atoms with van der Waals surface area (Å²) in [5.41, 5.74) is 5.97. The van der Waals surface area contributed by atoms with E-state index in [4.69, 9.17) is 5.84 Å². The molecule has 3 rings (SSSR count). The number of hydrogen-bond donors (Lipinski definition) is 2. The number of nitrogens with two attached hydrogens (primary N) is 1. The first kappa shape index (κ1) is 10.8. The average molecular weight is 234 g/mol. The SMILES string of the molecule is NNc1ccccc1-c1ccc2ccccc2c1. The smallest absolute Gasteiger partial charge is 0.0563 e. The van der Waals surface area contributed by atoms with E-state index < -0.39 is 0 Å². The zero-order valence-electron chi connectivity index (χ0n) is 9.93. The van der Waals surface area contributed by atoms with Gasteiger partial charge in [-0.25, -0.2) is 0 Å². The molecule has 0 aliphatic rings. The molecule has 0 bridgehead atoms. The molecule has 18 heavy (non-hydrogen) atoms. The number of para-hydroxylation sites is 1. The van der Waals surface area contributed by atoms with Crippen LogP contribution in [0.5, 0.6) is 0 Å². The molecular weight excluding hydrogens is 220 g/mol. The lowest BCUT2D eigenvalue weighted by molar-refractivity contribution is 1.35. The van der Waals surface area contributed by atoms with Crippen molar-refractivity contribution in [2.45, 2.75) is 0 Å². The van der Waals surface area contributed by atoms with Crippen LogP contribution in [0.2, 0.25) is 0 Å². The van der Waals surface area contributed by atoms with E-state index in [0.29, 0.717) is 0 Å². The lowest BCUT2D eigenvalue weighted by atomic mass is 10.00. The number of anilines is 1. The normalized spacial score (nSPS) is 10.5. The van der Waals surface area contributed by atoms with E-state index in [0.717, 1.165) is 11.3 Å². The first-order valence-electron chi connectivity index (χ1n) is 5.93. The summed E-state index contributed by atoms with van der Waals surface area (Å²) in [6.45, 7) is 0. The highest BCUT2D eigenvalue weighted by Crippen LogP contribution is 2.29. The Morgan fingerprint density at radius 3 is 2.28 bits per heavy atom. The summed E-state index contributed by atoms with van der Waals surface area (Å²) in [5, 5.41) is 2.49. The van der Waals surface area contributed by atoms with Crippen LogP contribution in [0, 0.1) is 0 Å². The maximum absolute atomic E-state index is 5.55. The fourth-order valence-electron chi connectivity index (χ4n) is 2.22. The Morgan fingerprint density at radius 1 is 0.722 bits per heavy atom. The van der Waals surface area contributed by atoms with Crippen LogP contribution in [0.1, 0.15) is 0 Å². The summed E-state index contributed by atoms with van der Waals surface area (Å²) in [5.74, 6) is 5.55. The van der Waals surface area contributed by atoms with Crippen molar-refractivity contribution < 1.29 is 0 Å². The molecule has 2 heteroatoms. The second kappa shape index (κ2) is 4.51. The molecule has 0 radical (unpaired) electrons. The molecule has 0 fully saturated rings. The van der Waals surface area contributed by atoms with Gasteiger partial charge in [0, 0.05) is 5.56 Å². The van der Waals surface area contributed by atoms with Crippen LogP contribution in [0.25, 0.3) is 21.9 Å². The Morgan fingerprint density at radius 2 is 1.44 bits per heavy atom. The van der Waals surface area contributed by atoms with E-state index in [9.17, 15) is 0 Å². The van der Waals surface area contributed by atoms with Crippen LogP contribution in [0.3, 0.4) is 0 Å². The molecular formula is C16H14N2. The quantitative estimate of drug-likeness (QED) is 0.523. The predicted octanol–water partition coefficient (Wildman–Crippen LogP) is 3.79. The van der Waals surface area contributed by atoms with Crippen molar-refractivity contribution in [3.63, 3.8) is 0 Å². The molecule has 0 amide bonds. The van der Waals surface area contributed by atoms with Crippen molar-refractivity contribution in [2.24, 2.45) is 5.84 Å². The van der Waals surface area contributed by atoms with Crippen LogP contribution >= 0.6 is 0 Å². The number of hydrazine groups is 1.